The van der Waals surface area contributed by atoms with Crippen molar-refractivity contribution in [1.82, 2.24) is 24.6 Å². The quantitative estimate of drug-likeness (QED) is 0.579. The molecule has 30 heavy (non-hydrogen) atoms. The van der Waals surface area contributed by atoms with Crippen molar-refractivity contribution in [2.75, 3.05) is 31.1 Å². The third-order valence-corrected chi connectivity index (χ3v) is 5.61. The molecule has 0 saturated carbocycles. The van der Waals surface area contributed by atoms with E-state index in [1.807, 2.05) is 25.3 Å². The van der Waals surface area contributed by atoms with E-state index in [4.69, 9.17) is 0 Å². The normalized spacial score (nSPS) is 14.4. The summed E-state index contributed by atoms with van der Waals surface area (Å²) in [6.45, 7) is 4.04. The molecule has 0 aliphatic carbocycles. The topological polar surface area (TPSA) is 67.2 Å². The number of halogens is 2. The number of thioether (sulfide) groups is 1. The third kappa shape index (κ3) is 4.43. The fourth-order valence-electron chi connectivity index (χ4n) is 3.33. The SMILES string of the molecule is Cc1ccn(-c2cc(N3CCN(C(=O)c4ccccc4SC(F)F)CC3)ncn2)n1. The van der Waals surface area contributed by atoms with E-state index in [2.05, 4.69) is 20.0 Å². The van der Waals surface area contributed by atoms with Gasteiger partial charge >= 0.3 is 0 Å². The molecule has 0 N–H and O–H groups in total. The minimum atomic E-state index is -2.57. The molecule has 1 saturated heterocycles. The number of carbonyl (C=O) groups is 1. The zero-order valence-corrected chi connectivity index (χ0v) is 17.1. The third-order valence-electron chi connectivity index (χ3n) is 4.82. The van der Waals surface area contributed by atoms with Crippen molar-refractivity contribution in [3.8, 4) is 5.82 Å². The van der Waals surface area contributed by atoms with Gasteiger partial charge in [-0.3, -0.25) is 4.79 Å². The number of nitrogens with zero attached hydrogens (tertiary/aromatic N) is 6. The average molecular weight is 430 g/mol. The van der Waals surface area contributed by atoms with Crippen LogP contribution in [0.2, 0.25) is 0 Å². The van der Waals surface area contributed by atoms with Gasteiger partial charge in [-0.2, -0.15) is 13.9 Å². The van der Waals surface area contributed by atoms with Crippen molar-refractivity contribution in [1.29, 1.82) is 0 Å². The van der Waals surface area contributed by atoms with E-state index in [0.29, 0.717) is 54.2 Å². The van der Waals surface area contributed by atoms with Gasteiger partial charge in [0, 0.05) is 43.3 Å². The predicted molar refractivity (Wildman–Crippen MR) is 110 cm³/mol. The molecule has 1 aliphatic heterocycles. The highest BCUT2D eigenvalue weighted by molar-refractivity contribution is 7.99. The van der Waals surface area contributed by atoms with Crippen LogP contribution < -0.4 is 4.90 Å². The molecule has 0 spiro atoms. The Morgan fingerprint density at radius 1 is 1.07 bits per heavy atom. The number of rotatable bonds is 5. The molecule has 3 aromatic rings. The molecular formula is C20H20F2N6OS. The standard InChI is InChI=1S/C20H20F2N6OS/c1-14-6-7-28(25-14)18-12-17(23-13-24-18)26-8-10-27(11-9-26)19(29)15-4-2-3-5-16(15)30-20(21)22/h2-7,12-13,20H,8-11H2,1H3. The van der Waals surface area contributed by atoms with Crippen LogP contribution in [0.4, 0.5) is 14.6 Å². The van der Waals surface area contributed by atoms with Gasteiger partial charge in [-0.15, -0.1) is 0 Å². The molecule has 0 bridgehead atoms. The Bertz CT molecular complexity index is 1040. The molecule has 0 atom stereocenters. The molecule has 4 rings (SSSR count). The van der Waals surface area contributed by atoms with Crippen molar-refractivity contribution < 1.29 is 13.6 Å². The van der Waals surface area contributed by atoms with E-state index in [-0.39, 0.29) is 5.91 Å². The number of hydrogen-bond acceptors (Lipinski definition) is 6. The summed E-state index contributed by atoms with van der Waals surface area (Å²) in [6, 6.07) is 10.3. The Hall–Kier alpha value is -3.01. The maximum Gasteiger partial charge on any atom is 0.288 e. The molecule has 1 amide bonds. The van der Waals surface area contributed by atoms with E-state index < -0.39 is 5.76 Å². The summed E-state index contributed by atoms with van der Waals surface area (Å²) in [6.07, 6.45) is 3.34. The lowest BCUT2D eigenvalue weighted by molar-refractivity contribution is 0.0743. The van der Waals surface area contributed by atoms with Gasteiger partial charge in [0.25, 0.3) is 11.7 Å². The summed E-state index contributed by atoms with van der Waals surface area (Å²) in [4.78, 5) is 25.6. The van der Waals surface area contributed by atoms with Crippen LogP contribution in [-0.4, -0.2) is 62.5 Å². The minimum Gasteiger partial charge on any atom is -0.353 e. The lowest BCUT2D eigenvalue weighted by Crippen LogP contribution is -2.49. The Balaban J connectivity index is 1.44. The van der Waals surface area contributed by atoms with Gasteiger partial charge in [-0.25, -0.2) is 14.6 Å². The fourth-order valence-corrected chi connectivity index (χ4v) is 3.96. The fraction of sp³-hybridized carbons (Fsp3) is 0.300. The zero-order chi connectivity index (χ0) is 21.1. The number of carbonyl (C=O) groups excluding carboxylic acids is 1. The summed E-state index contributed by atoms with van der Waals surface area (Å²) < 4.78 is 27.3. The van der Waals surface area contributed by atoms with Gasteiger partial charge in [-0.1, -0.05) is 23.9 Å². The van der Waals surface area contributed by atoms with Crippen LogP contribution in [0.1, 0.15) is 16.1 Å². The second-order valence-electron chi connectivity index (χ2n) is 6.79. The van der Waals surface area contributed by atoms with Crippen LogP contribution in [0.25, 0.3) is 5.82 Å². The molecule has 2 aromatic heterocycles. The maximum atomic E-state index is 12.9. The number of anilines is 1. The number of aryl methyl sites for hydroxylation is 1. The second-order valence-corrected chi connectivity index (χ2v) is 7.82. The first-order valence-corrected chi connectivity index (χ1v) is 10.3. The van der Waals surface area contributed by atoms with Crippen LogP contribution in [0.3, 0.4) is 0 Å². The van der Waals surface area contributed by atoms with Crippen molar-refractivity contribution in [3.05, 3.63) is 60.2 Å². The Labute approximate surface area is 176 Å². The molecular weight excluding hydrogens is 410 g/mol. The highest BCUT2D eigenvalue weighted by atomic mass is 32.2. The number of piperazine rings is 1. The zero-order valence-electron chi connectivity index (χ0n) is 16.3. The first kappa shape index (κ1) is 20.3. The van der Waals surface area contributed by atoms with E-state index in [9.17, 15) is 13.6 Å². The van der Waals surface area contributed by atoms with Crippen LogP contribution in [0.5, 0.6) is 0 Å². The number of aromatic nitrogens is 4. The van der Waals surface area contributed by atoms with Crippen LogP contribution in [-0.2, 0) is 0 Å². The Morgan fingerprint density at radius 3 is 2.50 bits per heavy atom. The first-order valence-electron chi connectivity index (χ1n) is 9.44. The second kappa shape index (κ2) is 8.78. The smallest absolute Gasteiger partial charge is 0.288 e. The summed E-state index contributed by atoms with van der Waals surface area (Å²) >= 11 is 0.400. The molecule has 3 heterocycles. The van der Waals surface area contributed by atoms with E-state index in [0.717, 1.165) is 11.5 Å². The van der Waals surface area contributed by atoms with Crippen molar-refractivity contribution in [2.45, 2.75) is 17.6 Å². The van der Waals surface area contributed by atoms with E-state index >= 15 is 0 Å². The molecule has 1 fully saturated rings. The van der Waals surface area contributed by atoms with Gasteiger partial charge in [0.1, 0.15) is 12.1 Å². The summed E-state index contributed by atoms with van der Waals surface area (Å²) in [5.74, 6) is -1.37. The highest BCUT2D eigenvalue weighted by Gasteiger charge is 2.25. The molecule has 156 valence electrons. The van der Waals surface area contributed by atoms with Gasteiger partial charge in [0.2, 0.25) is 0 Å². The summed E-state index contributed by atoms with van der Waals surface area (Å²) in [5, 5.41) is 4.36. The molecule has 0 unspecified atom stereocenters. The van der Waals surface area contributed by atoms with Gasteiger partial charge in [0.15, 0.2) is 5.82 Å². The van der Waals surface area contributed by atoms with Crippen molar-refractivity contribution in [3.63, 3.8) is 0 Å². The van der Waals surface area contributed by atoms with Crippen molar-refractivity contribution in [2.24, 2.45) is 0 Å². The summed E-state index contributed by atoms with van der Waals surface area (Å²) in [5.41, 5.74) is 1.21. The average Bonchev–Trinajstić information content (AvgIpc) is 3.20. The van der Waals surface area contributed by atoms with Crippen LogP contribution in [0.15, 0.2) is 53.8 Å². The number of alkyl halides is 2. The molecule has 7 nitrogen and oxygen atoms in total. The minimum absolute atomic E-state index is 0.228. The Kier molecular flexibility index (Phi) is 5.93. The molecule has 1 aliphatic rings. The van der Waals surface area contributed by atoms with E-state index in [1.54, 1.807) is 33.8 Å². The molecule has 10 heteroatoms. The Morgan fingerprint density at radius 2 is 1.80 bits per heavy atom. The van der Waals surface area contributed by atoms with Gasteiger partial charge in [0.05, 0.1) is 11.3 Å². The maximum absolute atomic E-state index is 12.9. The number of benzene rings is 1. The highest BCUT2D eigenvalue weighted by Crippen LogP contribution is 2.29. The van der Waals surface area contributed by atoms with Gasteiger partial charge < -0.3 is 9.80 Å². The van der Waals surface area contributed by atoms with Crippen LogP contribution in [0, 0.1) is 6.92 Å². The first-order chi connectivity index (χ1) is 14.5. The lowest BCUT2D eigenvalue weighted by atomic mass is 10.2. The van der Waals surface area contributed by atoms with Crippen LogP contribution >= 0.6 is 11.8 Å². The molecule has 1 aromatic carbocycles. The molecule has 0 radical (unpaired) electrons. The summed E-state index contributed by atoms with van der Waals surface area (Å²) in [7, 11) is 0. The largest absolute Gasteiger partial charge is 0.353 e. The van der Waals surface area contributed by atoms with Crippen molar-refractivity contribution >= 4 is 23.5 Å². The predicted octanol–water partition coefficient (Wildman–Crippen LogP) is 3.25. The van der Waals surface area contributed by atoms with E-state index in [1.165, 1.54) is 6.33 Å². The number of hydrogen-bond donors (Lipinski definition) is 0. The monoisotopic (exact) mass is 430 g/mol. The number of amides is 1. The lowest BCUT2D eigenvalue weighted by Gasteiger charge is -2.35. The van der Waals surface area contributed by atoms with Gasteiger partial charge in [-0.05, 0) is 25.1 Å².